The van der Waals surface area contributed by atoms with Crippen LogP contribution in [0.1, 0.15) is 85.0 Å². The number of benzene rings is 1. The summed E-state index contributed by atoms with van der Waals surface area (Å²) in [6, 6.07) is 8.03. The first-order valence-electron chi connectivity index (χ1n) is 11.9. The maximum absolute atomic E-state index is 5.88. The van der Waals surface area contributed by atoms with E-state index in [0.717, 1.165) is 36.5 Å². The Morgan fingerprint density at radius 1 is 0.733 bits per heavy atom. The van der Waals surface area contributed by atoms with Gasteiger partial charge in [0.05, 0.1) is 25.6 Å². The Labute approximate surface area is 183 Å². The third-order valence-corrected chi connectivity index (χ3v) is 5.49. The number of hydrogen-bond acceptors (Lipinski definition) is 4. The third kappa shape index (κ3) is 9.60. The van der Waals surface area contributed by atoms with Crippen molar-refractivity contribution >= 4 is 0 Å². The number of ether oxygens (including phenoxy) is 2. The fourth-order valence-electron chi connectivity index (χ4n) is 3.20. The summed E-state index contributed by atoms with van der Waals surface area (Å²) in [7, 11) is 0. The first kappa shape index (κ1) is 24.2. The van der Waals surface area contributed by atoms with Crippen molar-refractivity contribution in [3.8, 4) is 22.9 Å². The molecule has 0 saturated carbocycles. The van der Waals surface area contributed by atoms with Crippen LogP contribution in [0, 0.1) is 5.92 Å². The van der Waals surface area contributed by atoms with Crippen molar-refractivity contribution in [1.29, 1.82) is 0 Å². The molecule has 2 aromatic rings. The standard InChI is InChI=1S/C26H40N2O2/c1-4-6-7-8-9-10-11-12-13-18-29-24-16-14-23(15-17-24)26-27-19-25(20-28-26)30-21-22(3)5-2/h14-17,19-20,22H,4-13,18,21H2,1-3H3. The first-order chi connectivity index (χ1) is 14.7. The smallest absolute Gasteiger partial charge is 0.159 e. The molecule has 0 fully saturated rings. The van der Waals surface area contributed by atoms with E-state index in [1.807, 2.05) is 24.3 Å². The van der Waals surface area contributed by atoms with Crippen molar-refractivity contribution in [2.45, 2.75) is 85.0 Å². The molecule has 1 heterocycles. The van der Waals surface area contributed by atoms with E-state index in [0.29, 0.717) is 18.3 Å². The molecule has 1 aromatic carbocycles. The molecule has 0 radical (unpaired) electrons. The number of nitrogens with zero attached hydrogens (tertiary/aromatic N) is 2. The van der Waals surface area contributed by atoms with E-state index in [1.54, 1.807) is 12.4 Å². The first-order valence-corrected chi connectivity index (χ1v) is 11.9. The number of hydrogen-bond donors (Lipinski definition) is 0. The Morgan fingerprint density at radius 3 is 1.93 bits per heavy atom. The molecule has 1 atom stereocenters. The maximum atomic E-state index is 5.88. The summed E-state index contributed by atoms with van der Waals surface area (Å²) in [4.78, 5) is 8.87. The molecule has 0 spiro atoms. The van der Waals surface area contributed by atoms with Gasteiger partial charge in [-0.3, -0.25) is 0 Å². The zero-order valence-corrected chi connectivity index (χ0v) is 19.2. The van der Waals surface area contributed by atoms with Gasteiger partial charge < -0.3 is 9.47 Å². The number of aromatic nitrogens is 2. The van der Waals surface area contributed by atoms with Crippen molar-refractivity contribution < 1.29 is 9.47 Å². The van der Waals surface area contributed by atoms with Gasteiger partial charge in [0.1, 0.15) is 5.75 Å². The molecule has 2 rings (SSSR count). The van der Waals surface area contributed by atoms with Crippen molar-refractivity contribution in [3.63, 3.8) is 0 Å². The van der Waals surface area contributed by atoms with Gasteiger partial charge >= 0.3 is 0 Å². The van der Waals surface area contributed by atoms with Crippen LogP contribution in [0.5, 0.6) is 11.5 Å². The molecule has 4 heteroatoms. The van der Waals surface area contributed by atoms with Gasteiger partial charge in [-0.15, -0.1) is 0 Å². The molecule has 4 nitrogen and oxygen atoms in total. The van der Waals surface area contributed by atoms with Crippen molar-refractivity contribution in [2.24, 2.45) is 5.92 Å². The summed E-state index contributed by atoms with van der Waals surface area (Å²) in [5.74, 6) is 2.87. The molecule has 0 aliphatic heterocycles. The van der Waals surface area contributed by atoms with Crippen LogP contribution in [0.2, 0.25) is 0 Å². The topological polar surface area (TPSA) is 44.2 Å². The zero-order chi connectivity index (χ0) is 21.4. The molecule has 166 valence electrons. The minimum Gasteiger partial charge on any atom is -0.494 e. The van der Waals surface area contributed by atoms with Gasteiger partial charge in [-0.1, -0.05) is 78.6 Å². The van der Waals surface area contributed by atoms with Gasteiger partial charge in [-0.25, -0.2) is 9.97 Å². The number of unbranched alkanes of at least 4 members (excludes halogenated alkanes) is 8. The molecule has 0 bridgehead atoms. The molecule has 0 aliphatic rings. The summed E-state index contributed by atoms with van der Waals surface area (Å²) in [5.41, 5.74) is 0.985. The average Bonchev–Trinajstić information content (AvgIpc) is 2.79. The predicted octanol–water partition coefficient (Wildman–Crippen LogP) is 7.48. The molecule has 0 amide bonds. The van der Waals surface area contributed by atoms with Gasteiger partial charge in [0.2, 0.25) is 0 Å². The highest BCUT2D eigenvalue weighted by molar-refractivity contribution is 5.56. The third-order valence-electron chi connectivity index (χ3n) is 5.49. The molecule has 0 aliphatic carbocycles. The largest absolute Gasteiger partial charge is 0.494 e. The average molecular weight is 413 g/mol. The van der Waals surface area contributed by atoms with E-state index < -0.39 is 0 Å². The lowest BCUT2D eigenvalue weighted by molar-refractivity contribution is 0.255. The Balaban J connectivity index is 1.64. The normalized spacial score (nSPS) is 12.0. The molecule has 1 aromatic heterocycles. The predicted molar refractivity (Wildman–Crippen MR) is 125 cm³/mol. The van der Waals surface area contributed by atoms with Crippen LogP contribution in [-0.4, -0.2) is 23.2 Å². The molecule has 1 unspecified atom stereocenters. The second-order valence-electron chi connectivity index (χ2n) is 8.27. The Hall–Kier alpha value is -2.10. The summed E-state index contributed by atoms with van der Waals surface area (Å²) in [6.45, 7) is 8.09. The summed E-state index contributed by atoms with van der Waals surface area (Å²) in [6.07, 6.45) is 16.6. The Morgan fingerprint density at radius 2 is 1.33 bits per heavy atom. The quantitative estimate of drug-likeness (QED) is 0.268. The second-order valence-corrected chi connectivity index (χ2v) is 8.27. The summed E-state index contributed by atoms with van der Waals surface area (Å²) < 4.78 is 11.6. The molecule has 30 heavy (non-hydrogen) atoms. The van der Waals surface area contributed by atoms with E-state index in [2.05, 4.69) is 30.7 Å². The minimum atomic E-state index is 0.535. The molecule has 0 N–H and O–H groups in total. The van der Waals surface area contributed by atoms with Crippen LogP contribution in [0.25, 0.3) is 11.4 Å². The van der Waals surface area contributed by atoms with Crippen molar-refractivity contribution in [2.75, 3.05) is 13.2 Å². The zero-order valence-electron chi connectivity index (χ0n) is 19.2. The van der Waals surface area contributed by atoms with Crippen LogP contribution in [0.3, 0.4) is 0 Å². The monoisotopic (exact) mass is 412 g/mol. The van der Waals surface area contributed by atoms with E-state index in [4.69, 9.17) is 9.47 Å². The Bertz CT molecular complexity index is 670. The van der Waals surface area contributed by atoms with E-state index in [1.165, 1.54) is 51.4 Å². The van der Waals surface area contributed by atoms with Crippen molar-refractivity contribution in [1.82, 2.24) is 9.97 Å². The minimum absolute atomic E-state index is 0.535. The van der Waals surface area contributed by atoms with E-state index >= 15 is 0 Å². The molecular formula is C26H40N2O2. The van der Waals surface area contributed by atoms with E-state index in [-0.39, 0.29) is 0 Å². The highest BCUT2D eigenvalue weighted by Gasteiger charge is 2.05. The van der Waals surface area contributed by atoms with Crippen LogP contribution in [-0.2, 0) is 0 Å². The lowest BCUT2D eigenvalue weighted by Gasteiger charge is -2.10. The maximum Gasteiger partial charge on any atom is 0.159 e. The summed E-state index contributed by atoms with van der Waals surface area (Å²) in [5, 5.41) is 0. The highest BCUT2D eigenvalue weighted by atomic mass is 16.5. The van der Waals surface area contributed by atoms with Crippen LogP contribution in [0.15, 0.2) is 36.7 Å². The number of rotatable bonds is 16. The lowest BCUT2D eigenvalue weighted by atomic mass is 10.1. The van der Waals surface area contributed by atoms with Crippen LogP contribution < -0.4 is 9.47 Å². The second kappa shape index (κ2) is 14.8. The van der Waals surface area contributed by atoms with Gasteiger partial charge in [0, 0.05) is 5.56 Å². The fourth-order valence-corrected chi connectivity index (χ4v) is 3.20. The highest BCUT2D eigenvalue weighted by Crippen LogP contribution is 2.21. The van der Waals surface area contributed by atoms with Crippen molar-refractivity contribution in [3.05, 3.63) is 36.7 Å². The lowest BCUT2D eigenvalue weighted by Crippen LogP contribution is -2.07. The molecular weight excluding hydrogens is 372 g/mol. The van der Waals surface area contributed by atoms with E-state index in [9.17, 15) is 0 Å². The van der Waals surface area contributed by atoms with Crippen LogP contribution >= 0.6 is 0 Å². The fraction of sp³-hybridized carbons (Fsp3) is 0.615. The SMILES string of the molecule is CCCCCCCCCCCOc1ccc(-c2ncc(OCC(C)CC)cn2)cc1. The van der Waals surface area contributed by atoms with Gasteiger partial charge in [0.15, 0.2) is 11.6 Å². The Kier molecular flexibility index (Phi) is 11.9. The van der Waals surface area contributed by atoms with Crippen LogP contribution in [0.4, 0.5) is 0 Å². The van der Waals surface area contributed by atoms with Gasteiger partial charge in [-0.2, -0.15) is 0 Å². The van der Waals surface area contributed by atoms with Gasteiger partial charge in [-0.05, 0) is 36.6 Å². The summed E-state index contributed by atoms with van der Waals surface area (Å²) >= 11 is 0. The molecule has 0 saturated heterocycles. The van der Waals surface area contributed by atoms with Gasteiger partial charge in [0.25, 0.3) is 0 Å².